The highest BCUT2D eigenvalue weighted by molar-refractivity contribution is 6.30. The van der Waals surface area contributed by atoms with Gasteiger partial charge in [0.1, 0.15) is 5.75 Å². The molecule has 0 bridgehead atoms. The number of rotatable bonds is 1. The highest BCUT2D eigenvalue weighted by Gasteiger charge is 2.33. The van der Waals surface area contributed by atoms with Crippen LogP contribution in [-0.2, 0) is 5.41 Å². The van der Waals surface area contributed by atoms with Crippen LogP contribution >= 0.6 is 11.6 Å². The van der Waals surface area contributed by atoms with E-state index in [0.717, 1.165) is 0 Å². The summed E-state index contributed by atoms with van der Waals surface area (Å²) in [6.45, 7) is 5.42. The molecule has 0 unspecified atom stereocenters. The average Bonchev–Trinajstić information content (AvgIpc) is 1.97. The van der Waals surface area contributed by atoms with E-state index in [2.05, 4.69) is 4.74 Å². The quantitative estimate of drug-likeness (QED) is 0.713. The van der Waals surface area contributed by atoms with Gasteiger partial charge < -0.3 is 4.74 Å². The van der Waals surface area contributed by atoms with Crippen LogP contribution in [-0.4, -0.2) is 6.36 Å². The molecule has 0 N–H and O–H groups in total. The van der Waals surface area contributed by atoms with Crippen molar-refractivity contribution in [2.24, 2.45) is 0 Å². The molecular weight excluding hydrogens is 241 g/mol. The van der Waals surface area contributed by atoms with E-state index in [4.69, 9.17) is 11.6 Å². The topological polar surface area (TPSA) is 9.23 Å². The third kappa shape index (κ3) is 3.59. The number of halogens is 4. The first-order valence-electron chi connectivity index (χ1n) is 4.65. The summed E-state index contributed by atoms with van der Waals surface area (Å²) in [6, 6.07) is 4.27. The number of alkyl halides is 3. The van der Waals surface area contributed by atoms with Crippen LogP contribution in [0.1, 0.15) is 26.3 Å². The van der Waals surface area contributed by atoms with E-state index in [1.807, 2.05) is 0 Å². The predicted molar refractivity (Wildman–Crippen MR) is 56.8 cm³/mol. The molecule has 0 radical (unpaired) electrons. The van der Waals surface area contributed by atoms with Crippen LogP contribution in [0.15, 0.2) is 18.2 Å². The molecule has 0 atom stereocenters. The molecule has 0 heterocycles. The average molecular weight is 253 g/mol. The molecule has 0 aromatic heterocycles. The van der Waals surface area contributed by atoms with Gasteiger partial charge >= 0.3 is 6.36 Å². The van der Waals surface area contributed by atoms with Crippen LogP contribution in [0.4, 0.5) is 13.2 Å². The molecule has 0 amide bonds. The molecule has 0 aliphatic heterocycles. The van der Waals surface area contributed by atoms with Crippen molar-refractivity contribution in [3.63, 3.8) is 0 Å². The van der Waals surface area contributed by atoms with Gasteiger partial charge in [-0.1, -0.05) is 38.4 Å². The summed E-state index contributed by atoms with van der Waals surface area (Å²) in [7, 11) is 0. The van der Waals surface area contributed by atoms with Crippen molar-refractivity contribution in [3.05, 3.63) is 28.8 Å². The Balaban J connectivity index is 3.19. The van der Waals surface area contributed by atoms with Gasteiger partial charge in [-0.3, -0.25) is 0 Å². The monoisotopic (exact) mass is 252 g/mol. The molecule has 5 heteroatoms. The summed E-state index contributed by atoms with van der Waals surface area (Å²) in [5.41, 5.74) is 0.0276. The van der Waals surface area contributed by atoms with E-state index in [-0.39, 0.29) is 10.8 Å². The Bertz CT molecular complexity index is 380. The van der Waals surface area contributed by atoms with E-state index >= 15 is 0 Å². The maximum atomic E-state index is 12.2. The molecule has 0 saturated carbocycles. The molecule has 0 fully saturated rings. The third-order valence-corrected chi connectivity index (χ3v) is 2.21. The van der Waals surface area contributed by atoms with Gasteiger partial charge in [0, 0.05) is 5.02 Å². The Morgan fingerprint density at radius 2 is 1.69 bits per heavy atom. The highest BCUT2D eigenvalue weighted by Crippen LogP contribution is 2.36. The summed E-state index contributed by atoms with van der Waals surface area (Å²) in [6.07, 6.45) is -4.70. The first kappa shape index (κ1) is 13.2. The summed E-state index contributed by atoms with van der Waals surface area (Å²) in [4.78, 5) is 0. The Hall–Kier alpha value is -0.900. The molecule has 1 nitrogen and oxygen atoms in total. The number of hydrogen-bond donors (Lipinski definition) is 0. The molecule has 1 aromatic carbocycles. The van der Waals surface area contributed by atoms with Gasteiger partial charge in [-0.25, -0.2) is 0 Å². The van der Waals surface area contributed by atoms with Crippen LogP contribution in [0.25, 0.3) is 0 Å². The second-order valence-electron chi connectivity index (χ2n) is 4.44. The first-order chi connectivity index (χ1) is 7.09. The van der Waals surface area contributed by atoms with E-state index < -0.39 is 11.8 Å². The van der Waals surface area contributed by atoms with E-state index in [1.54, 1.807) is 32.9 Å². The second kappa shape index (κ2) is 4.17. The van der Waals surface area contributed by atoms with Crippen LogP contribution in [0, 0.1) is 0 Å². The van der Waals surface area contributed by atoms with Gasteiger partial charge in [-0.15, -0.1) is 13.2 Å². The maximum Gasteiger partial charge on any atom is 0.573 e. The van der Waals surface area contributed by atoms with Crippen LogP contribution in [0.3, 0.4) is 0 Å². The van der Waals surface area contributed by atoms with Gasteiger partial charge in [-0.05, 0) is 23.1 Å². The minimum absolute atomic E-state index is 0.215. The standard InChI is InChI=1S/C11H12ClF3O/c1-10(2,3)8-5-4-7(12)6-9(8)16-11(13,14)15/h4-6H,1-3H3. The van der Waals surface area contributed by atoms with E-state index in [0.29, 0.717) is 5.56 Å². The number of ether oxygens (including phenoxy) is 1. The molecule has 1 aromatic rings. The minimum atomic E-state index is -4.70. The largest absolute Gasteiger partial charge is 0.573 e. The van der Waals surface area contributed by atoms with Crippen LogP contribution in [0.2, 0.25) is 5.02 Å². The summed E-state index contributed by atoms with van der Waals surface area (Å²) < 4.78 is 40.5. The van der Waals surface area contributed by atoms with Gasteiger partial charge in [0.25, 0.3) is 0 Å². The smallest absolute Gasteiger partial charge is 0.405 e. The zero-order valence-electron chi connectivity index (χ0n) is 9.15. The second-order valence-corrected chi connectivity index (χ2v) is 4.87. The van der Waals surface area contributed by atoms with E-state index in [9.17, 15) is 13.2 Å². The number of benzene rings is 1. The van der Waals surface area contributed by atoms with Crippen molar-refractivity contribution in [2.45, 2.75) is 32.5 Å². The maximum absolute atomic E-state index is 12.2. The third-order valence-electron chi connectivity index (χ3n) is 1.98. The molecule has 0 spiro atoms. The van der Waals surface area contributed by atoms with Gasteiger partial charge in [0.2, 0.25) is 0 Å². The number of hydrogen-bond acceptors (Lipinski definition) is 1. The minimum Gasteiger partial charge on any atom is -0.405 e. The lowest BCUT2D eigenvalue weighted by atomic mass is 9.86. The van der Waals surface area contributed by atoms with Crippen molar-refractivity contribution in [3.8, 4) is 5.75 Å². The fraction of sp³-hybridized carbons (Fsp3) is 0.455. The van der Waals surface area contributed by atoms with Gasteiger partial charge in [0.15, 0.2) is 0 Å². The molecule has 0 aliphatic carbocycles. The molecule has 16 heavy (non-hydrogen) atoms. The summed E-state index contributed by atoms with van der Waals surface area (Å²) in [5.74, 6) is -0.243. The SMILES string of the molecule is CC(C)(C)c1ccc(Cl)cc1OC(F)(F)F. The molecule has 90 valence electrons. The first-order valence-corrected chi connectivity index (χ1v) is 5.03. The molecule has 0 aliphatic rings. The Kier molecular flexibility index (Phi) is 3.43. The Morgan fingerprint density at radius 1 is 1.12 bits per heavy atom. The lowest BCUT2D eigenvalue weighted by molar-refractivity contribution is -0.275. The molecular formula is C11H12ClF3O. The fourth-order valence-corrected chi connectivity index (χ4v) is 1.49. The molecule has 0 saturated heterocycles. The highest BCUT2D eigenvalue weighted by atomic mass is 35.5. The fourth-order valence-electron chi connectivity index (χ4n) is 1.32. The van der Waals surface area contributed by atoms with Crippen molar-refractivity contribution in [2.75, 3.05) is 0 Å². The predicted octanol–water partition coefficient (Wildman–Crippen LogP) is 4.54. The van der Waals surface area contributed by atoms with Gasteiger partial charge in [-0.2, -0.15) is 0 Å². The summed E-state index contributed by atoms with van der Waals surface area (Å²) >= 11 is 5.65. The van der Waals surface area contributed by atoms with Crippen molar-refractivity contribution >= 4 is 11.6 Å². The molecule has 1 rings (SSSR count). The Morgan fingerprint density at radius 3 is 2.12 bits per heavy atom. The van der Waals surface area contributed by atoms with Gasteiger partial charge in [0.05, 0.1) is 0 Å². The van der Waals surface area contributed by atoms with E-state index in [1.165, 1.54) is 6.07 Å². The lowest BCUT2D eigenvalue weighted by Crippen LogP contribution is -2.21. The zero-order valence-corrected chi connectivity index (χ0v) is 9.91. The normalized spacial score (nSPS) is 12.7. The lowest BCUT2D eigenvalue weighted by Gasteiger charge is -2.23. The van der Waals surface area contributed by atoms with Crippen molar-refractivity contribution < 1.29 is 17.9 Å². The van der Waals surface area contributed by atoms with Crippen molar-refractivity contribution in [1.82, 2.24) is 0 Å². The zero-order chi connectivity index (χ0) is 12.6. The summed E-state index contributed by atoms with van der Waals surface area (Å²) in [5, 5.41) is 0.215. The van der Waals surface area contributed by atoms with Crippen LogP contribution < -0.4 is 4.74 Å². The Labute approximate surface area is 97.2 Å². The van der Waals surface area contributed by atoms with Crippen LogP contribution in [0.5, 0.6) is 5.75 Å². The van der Waals surface area contributed by atoms with Crippen molar-refractivity contribution in [1.29, 1.82) is 0 Å².